The maximum Gasteiger partial charge on any atom is 0.320 e. The summed E-state index contributed by atoms with van der Waals surface area (Å²) in [6, 6.07) is 15.3. The Kier molecular flexibility index (Phi) is 8.43. The van der Waals surface area contributed by atoms with Gasteiger partial charge in [0.25, 0.3) is 0 Å². The molecule has 1 saturated heterocycles. The van der Waals surface area contributed by atoms with Gasteiger partial charge in [0.2, 0.25) is 0 Å². The topological polar surface area (TPSA) is 117 Å². The third-order valence-corrected chi connectivity index (χ3v) is 6.72. The van der Waals surface area contributed by atoms with Crippen LogP contribution in [-0.2, 0) is 9.57 Å². The van der Waals surface area contributed by atoms with Crippen LogP contribution in [0.2, 0.25) is 0 Å². The summed E-state index contributed by atoms with van der Waals surface area (Å²) in [6.07, 6.45) is 2.04. The lowest BCUT2D eigenvalue weighted by atomic mass is 10.0. The molecule has 3 N–H and O–H groups in total. The van der Waals surface area contributed by atoms with Crippen LogP contribution < -0.4 is 10.6 Å². The number of carbonyl (C=O) groups is 1. The summed E-state index contributed by atoms with van der Waals surface area (Å²) in [6.45, 7) is 2.95. The van der Waals surface area contributed by atoms with E-state index in [0.29, 0.717) is 48.0 Å². The molecule has 212 valence electrons. The second-order valence-corrected chi connectivity index (χ2v) is 9.47. The third kappa shape index (κ3) is 6.14. The first-order valence-electron chi connectivity index (χ1n) is 12.9. The molecule has 2 amide bonds. The number of urea groups is 1. The molecule has 0 saturated carbocycles. The lowest BCUT2D eigenvalue weighted by molar-refractivity contribution is -0.154. The predicted octanol–water partition coefficient (Wildman–Crippen LogP) is 4.64. The first-order valence-corrected chi connectivity index (χ1v) is 12.9. The van der Waals surface area contributed by atoms with E-state index >= 15 is 0 Å². The van der Waals surface area contributed by atoms with Gasteiger partial charge < -0.3 is 15.5 Å². The fourth-order valence-corrected chi connectivity index (χ4v) is 4.65. The van der Waals surface area contributed by atoms with Gasteiger partial charge in [-0.05, 0) is 48.9 Å². The Labute approximate surface area is 235 Å². The molecule has 4 aromatic rings. The number of amides is 2. The minimum Gasteiger partial charge on any atom is -0.383 e. The van der Waals surface area contributed by atoms with Crippen molar-refractivity contribution >= 4 is 18.1 Å². The first kappa shape index (κ1) is 28.0. The molecule has 0 bridgehead atoms. The van der Waals surface area contributed by atoms with Crippen LogP contribution in [0.5, 0.6) is 0 Å². The van der Waals surface area contributed by atoms with E-state index in [-0.39, 0.29) is 0 Å². The van der Waals surface area contributed by atoms with E-state index in [1.54, 1.807) is 29.1 Å². The molecular formula is C29H29F2N7O3. The van der Waals surface area contributed by atoms with Gasteiger partial charge in [-0.1, -0.05) is 24.3 Å². The second kappa shape index (κ2) is 12.3. The highest BCUT2D eigenvalue weighted by molar-refractivity contribution is 5.91. The monoisotopic (exact) mass is 561 g/mol. The maximum atomic E-state index is 14.1. The lowest BCUT2D eigenvalue weighted by Crippen LogP contribution is -2.42. The molecular weight excluding hydrogens is 532 g/mol. The van der Waals surface area contributed by atoms with Gasteiger partial charge in [0.05, 0.1) is 29.7 Å². The minimum absolute atomic E-state index is 0.299. The van der Waals surface area contributed by atoms with E-state index in [1.165, 1.54) is 6.07 Å². The molecule has 41 heavy (non-hydrogen) atoms. The summed E-state index contributed by atoms with van der Waals surface area (Å²) in [5.41, 5.74) is 3.68. The number of anilines is 1. The molecule has 12 heteroatoms. The molecule has 10 nitrogen and oxygen atoms in total. The third-order valence-electron chi connectivity index (χ3n) is 6.72. The van der Waals surface area contributed by atoms with Crippen LogP contribution >= 0.6 is 0 Å². The Morgan fingerprint density at radius 2 is 1.98 bits per heavy atom. The average molecular weight is 562 g/mol. The van der Waals surface area contributed by atoms with Crippen LogP contribution in [0.4, 0.5) is 19.4 Å². The van der Waals surface area contributed by atoms with Crippen molar-refractivity contribution in [3.63, 3.8) is 0 Å². The van der Waals surface area contributed by atoms with Gasteiger partial charge in [-0.2, -0.15) is 10.2 Å². The van der Waals surface area contributed by atoms with Crippen LogP contribution in [0.1, 0.15) is 22.9 Å². The van der Waals surface area contributed by atoms with Crippen molar-refractivity contribution in [3.05, 3.63) is 95.3 Å². The number of halogens is 2. The van der Waals surface area contributed by atoms with E-state index in [4.69, 9.17) is 20.1 Å². The van der Waals surface area contributed by atoms with E-state index in [2.05, 4.69) is 15.6 Å². The lowest BCUT2D eigenvalue weighted by Gasteiger charge is -2.20. The van der Waals surface area contributed by atoms with E-state index in [1.807, 2.05) is 43.3 Å². The van der Waals surface area contributed by atoms with Gasteiger partial charge in [0.1, 0.15) is 11.9 Å². The standard InChI is InChI=1S/C29H29F2N7O3/c1-18-26(20-8-10-21(15-32)33-16-20)36-38(22-6-4-3-5-7-22)28(18)35-29(39)34-25-17-37(12-13-40-2)41-27(25)19-9-11-23(30)24(31)14-19/h3-11,14-16,25,27,32H,12-13,17H2,1-2H3,(H2,34,35,39)/t25-,27+/m1/s1. The summed E-state index contributed by atoms with van der Waals surface area (Å²) in [5.74, 6) is -1.52. The quantitative estimate of drug-likeness (QED) is 0.256. The molecule has 1 aliphatic heterocycles. The molecule has 1 fully saturated rings. The highest BCUT2D eigenvalue weighted by Gasteiger charge is 2.37. The summed E-state index contributed by atoms with van der Waals surface area (Å²) in [5, 5.41) is 19.7. The van der Waals surface area contributed by atoms with Gasteiger partial charge in [-0.25, -0.2) is 18.3 Å². The van der Waals surface area contributed by atoms with E-state index in [9.17, 15) is 13.6 Å². The number of rotatable bonds is 9. The SMILES string of the molecule is COCCN1C[C@@H](NC(=O)Nc2c(C)c(-c3ccc(C=N)nc3)nn2-c2ccccc2)[C@H](c2ccc(F)c(F)c2)O1. The number of hydrogen-bond acceptors (Lipinski definition) is 7. The fraction of sp³-hybridized carbons (Fsp3) is 0.241. The molecule has 5 rings (SSSR count). The molecule has 0 radical (unpaired) electrons. The Morgan fingerprint density at radius 1 is 1.17 bits per heavy atom. The number of aromatic nitrogens is 3. The molecule has 2 aromatic heterocycles. The fourth-order valence-electron chi connectivity index (χ4n) is 4.65. The number of hydrogen-bond donors (Lipinski definition) is 3. The number of ether oxygens (including phenoxy) is 1. The first-order chi connectivity index (χ1) is 19.9. The van der Waals surface area contributed by atoms with E-state index < -0.39 is 29.8 Å². The van der Waals surface area contributed by atoms with Crippen molar-refractivity contribution < 1.29 is 23.1 Å². The highest BCUT2D eigenvalue weighted by atomic mass is 19.2. The van der Waals surface area contributed by atoms with Crippen molar-refractivity contribution in [1.82, 2.24) is 25.1 Å². The smallest absolute Gasteiger partial charge is 0.320 e. The normalized spacial score (nSPS) is 17.0. The zero-order valence-electron chi connectivity index (χ0n) is 22.5. The summed E-state index contributed by atoms with van der Waals surface area (Å²) in [4.78, 5) is 23.7. The molecule has 0 spiro atoms. The molecule has 0 aliphatic carbocycles. The number of nitrogens with one attached hydrogen (secondary N) is 3. The zero-order chi connectivity index (χ0) is 28.9. The van der Waals surface area contributed by atoms with Crippen LogP contribution in [0.3, 0.4) is 0 Å². The van der Waals surface area contributed by atoms with Crippen LogP contribution in [0, 0.1) is 24.0 Å². The number of nitrogens with zero attached hydrogens (tertiary/aromatic N) is 4. The van der Waals surface area contributed by atoms with Crippen molar-refractivity contribution in [2.75, 3.05) is 32.1 Å². The number of pyridine rings is 1. The number of carbonyl (C=O) groups excluding carboxylic acids is 1. The number of methoxy groups -OCH3 is 1. The largest absolute Gasteiger partial charge is 0.383 e. The maximum absolute atomic E-state index is 14.1. The summed E-state index contributed by atoms with van der Waals surface area (Å²) in [7, 11) is 1.57. The van der Waals surface area contributed by atoms with Gasteiger partial charge in [-0.15, -0.1) is 0 Å². The minimum atomic E-state index is -0.998. The second-order valence-electron chi connectivity index (χ2n) is 9.47. The predicted molar refractivity (Wildman–Crippen MR) is 149 cm³/mol. The van der Waals surface area contributed by atoms with Crippen molar-refractivity contribution in [2.24, 2.45) is 0 Å². The van der Waals surface area contributed by atoms with Gasteiger partial charge in [0.15, 0.2) is 11.6 Å². The van der Waals surface area contributed by atoms with Crippen molar-refractivity contribution in [2.45, 2.75) is 19.1 Å². The summed E-state index contributed by atoms with van der Waals surface area (Å²) >= 11 is 0. The molecule has 0 unspecified atom stereocenters. The van der Waals surface area contributed by atoms with Gasteiger partial charge in [-0.3, -0.25) is 15.1 Å². The van der Waals surface area contributed by atoms with Crippen LogP contribution in [0.25, 0.3) is 16.9 Å². The van der Waals surface area contributed by atoms with Gasteiger partial charge >= 0.3 is 6.03 Å². The average Bonchev–Trinajstić information content (AvgIpc) is 3.54. The van der Waals surface area contributed by atoms with Crippen molar-refractivity contribution in [1.29, 1.82) is 5.41 Å². The molecule has 1 aliphatic rings. The Balaban J connectivity index is 1.43. The summed E-state index contributed by atoms with van der Waals surface area (Å²) < 4.78 is 34.4. The number of para-hydroxylation sites is 1. The molecule has 2 aromatic carbocycles. The Hall–Kier alpha value is -4.52. The number of hydroxylamine groups is 2. The van der Waals surface area contributed by atoms with E-state index in [0.717, 1.165) is 29.6 Å². The van der Waals surface area contributed by atoms with Crippen molar-refractivity contribution in [3.8, 4) is 16.9 Å². The molecule has 3 heterocycles. The Bertz CT molecular complexity index is 1530. The van der Waals surface area contributed by atoms with Crippen LogP contribution in [0.15, 0.2) is 66.9 Å². The zero-order valence-corrected chi connectivity index (χ0v) is 22.5. The Morgan fingerprint density at radius 3 is 2.66 bits per heavy atom. The molecule has 2 atom stereocenters. The highest BCUT2D eigenvalue weighted by Crippen LogP contribution is 2.32. The number of benzene rings is 2. The van der Waals surface area contributed by atoms with Crippen LogP contribution in [-0.4, -0.2) is 64.9 Å². The van der Waals surface area contributed by atoms with Gasteiger partial charge in [0, 0.05) is 43.7 Å².